The highest BCUT2D eigenvalue weighted by atomic mass is 32.2. The number of aliphatic hydroxyl groups is 1. The van der Waals surface area contributed by atoms with Crippen LogP contribution in [-0.2, 0) is 10.1 Å². The molecule has 0 aromatic rings. The molecule has 4 nitrogen and oxygen atoms in total. The molecule has 0 bridgehead atoms. The van der Waals surface area contributed by atoms with E-state index in [4.69, 9.17) is 9.66 Å². The van der Waals surface area contributed by atoms with Crippen molar-refractivity contribution in [3.63, 3.8) is 0 Å². The van der Waals surface area contributed by atoms with Gasteiger partial charge in [0.25, 0.3) is 10.1 Å². The first-order valence-electron chi connectivity index (χ1n) is 2.94. The van der Waals surface area contributed by atoms with Gasteiger partial charge in [0, 0.05) is 0 Å². The van der Waals surface area contributed by atoms with Gasteiger partial charge in [0.15, 0.2) is 0 Å². The highest BCUT2D eigenvalue weighted by Gasteiger charge is 2.13. The predicted molar refractivity (Wildman–Crippen MR) is 36.5 cm³/mol. The fraction of sp³-hybridized carbons (Fsp3) is 0.800. The van der Waals surface area contributed by atoms with Gasteiger partial charge in [-0.25, -0.2) is 0 Å². The van der Waals surface area contributed by atoms with E-state index < -0.39 is 15.9 Å². The molecular weight excluding hydrogens is 156 g/mol. The number of hydrogen-bond acceptors (Lipinski definition) is 3. The number of hydrogen-bond donors (Lipinski definition) is 2. The minimum absolute atomic E-state index is 0.190. The van der Waals surface area contributed by atoms with Crippen molar-refractivity contribution in [1.29, 1.82) is 0 Å². The Morgan fingerprint density at radius 3 is 2.30 bits per heavy atom. The zero-order valence-corrected chi connectivity index (χ0v) is 6.56. The summed E-state index contributed by atoms with van der Waals surface area (Å²) in [5, 5.41) is 8.76. The second-order valence-electron chi connectivity index (χ2n) is 2.04. The second kappa shape index (κ2) is 3.90. The Bertz CT molecular complexity index is 172. The third-order valence-electron chi connectivity index (χ3n) is 0.888. The molecule has 0 saturated carbocycles. The van der Waals surface area contributed by atoms with Crippen molar-refractivity contribution < 1.29 is 18.1 Å². The maximum Gasteiger partial charge on any atom is 0.267 e. The first-order chi connectivity index (χ1) is 4.45. The van der Waals surface area contributed by atoms with Gasteiger partial charge < -0.3 is 5.11 Å². The summed E-state index contributed by atoms with van der Waals surface area (Å²) < 4.78 is 28.4. The highest BCUT2D eigenvalue weighted by molar-refractivity contribution is 7.85. The van der Waals surface area contributed by atoms with E-state index >= 15 is 0 Å². The van der Waals surface area contributed by atoms with Crippen LogP contribution in [0.15, 0.2) is 0 Å². The van der Waals surface area contributed by atoms with E-state index in [1.54, 1.807) is 6.92 Å². The highest BCUT2D eigenvalue weighted by Crippen LogP contribution is 2.06. The van der Waals surface area contributed by atoms with Crippen molar-refractivity contribution in [2.24, 2.45) is 0 Å². The molecule has 0 amide bonds. The lowest BCUT2D eigenvalue weighted by Crippen LogP contribution is -2.12. The predicted octanol–water partition coefficient (Wildman–Crippen LogP) is 0.579. The summed E-state index contributed by atoms with van der Waals surface area (Å²) in [6.07, 6.45) is 0.797. The summed E-state index contributed by atoms with van der Waals surface area (Å²) >= 11 is 0. The summed E-state index contributed by atoms with van der Waals surface area (Å²) in [7, 11) is -4.03. The molecule has 0 rings (SSSR count). The van der Waals surface area contributed by atoms with E-state index in [0.717, 1.165) is 0 Å². The third kappa shape index (κ3) is 6.00. The molecule has 0 unspecified atom stereocenters. The average Bonchev–Trinajstić information content (AvgIpc) is 1.59. The Hall–Kier alpha value is -0.130. The molecular formula is C5H11O4S. The SMILES string of the molecule is CCC[C](O)CS(=O)(=O)O. The van der Waals surface area contributed by atoms with E-state index in [-0.39, 0.29) is 6.10 Å². The zero-order valence-electron chi connectivity index (χ0n) is 5.74. The second-order valence-corrected chi connectivity index (χ2v) is 3.49. The molecule has 0 heterocycles. The Kier molecular flexibility index (Phi) is 3.85. The van der Waals surface area contributed by atoms with Crippen molar-refractivity contribution in [3.05, 3.63) is 6.10 Å². The Morgan fingerprint density at radius 1 is 1.50 bits per heavy atom. The molecule has 10 heavy (non-hydrogen) atoms. The van der Waals surface area contributed by atoms with Gasteiger partial charge in [0.1, 0.15) is 11.9 Å². The fourth-order valence-corrected chi connectivity index (χ4v) is 1.14. The summed E-state index contributed by atoms with van der Waals surface area (Å²) in [6, 6.07) is 0. The van der Waals surface area contributed by atoms with Gasteiger partial charge in [-0.2, -0.15) is 8.42 Å². The number of aliphatic hydroxyl groups excluding tert-OH is 1. The standard InChI is InChI=1S/C5H11O4S/c1-2-3-5(6)4-10(7,8)9/h6H,2-4H2,1H3,(H,7,8,9). The first kappa shape index (κ1) is 9.87. The van der Waals surface area contributed by atoms with Crippen LogP contribution in [0.5, 0.6) is 0 Å². The van der Waals surface area contributed by atoms with Gasteiger partial charge in [-0.3, -0.25) is 4.55 Å². The quantitative estimate of drug-likeness (QED) is 0.600. The Labute approximate surface area is 60.6 Å². The maximum absolute atomic E-state index is 10.1. The van der Waals surface area contributed by atoms with Crippen LogP contribution in [0, 0.1) is 6.10 Å². The van der Waals surface area contributed by atoms with Crippen molar-refractivity contribution in [2.75, 3.05) is 5.75 Å². The van der Waals surface area contributed by atoms with Gasteiger partial charge in [-0.15, -0.1) is 0 Å². The molecule has 0 fully saturated rings. The maximum atomic E-state index is 10.1. The van der Waals surface area contributed by atoms with Gasteiger partial charge in [0.05, 0.1) is 0 Å². The van der Waals surface area contributed by atoms with Crippen LogP contribution < -0.4 is 0 Å². The topological polar surface area (TPSA) is 74.6 Å². The lowest BCUT2D eigenvalue weighted by Gasteiger charge is -2.03. The van der Waals surface area contributed by atoms with Crippen LogP contribution in [0.3, 0.4) is 0 Å². The summed E-state index contributed by atoms with van der Waals surface area (Å²) in [5.41, 5.74) is 0. The van der Waals surface area contributed by atoms with Crippen LogP contribution in [0.2, 0.25) is 0 Å². The molecule has 0 saturated heterocycles. The smallest absolute Gasteiger partial charge is 0.267 e. The lowest BCUT2D eigenvalue weighted by atomic mass is 10.2. The lowest BCUT2D eigenvalue weighted by molar-refractivity contribution is 0.292. The monoisotopic (exact) mass is 167 g/mol. The van der Waals surface area contributed by atoms with Crippen LogP contribution in [0.4, 0.5) is 0 Å². The summed E-state index contributed by atoms with van der Waals surface area (Å²) in [5.74, 6) is -0.638. The molecule has 5 heteroatoms. The average molecular weight is 167 g/mol. The minimum Gasteiger partial charge on any atom is -0.386 e. The molecule has 0 aliphatic rings. The van der Waals surface area contributed by atoms with Gasteiger partial charge in [-0.05, 0) is 6.42 Å². The van der Waals surface area contributed by atoms with Crippen LogP contribution >= 0.6 is 0 Å². The van der Waals surface area contributed by atoms with Gasteiger partial charge in [0.2, 0.25) is 0 Å². The van der Waals surface area contributed by atoms with Crippen molar-refractivity contribution in [2.45, 2.75) is 19.8 Å². The third-order valence-corrected chi connectivity index (χ3v) is 1.59. The van der Waals surface area contributed by atoms with Crippen molar-refractivity contribution >= 4 is 10.1 Å². The molecule has 0 aliphatic carbocycles. The molecule has 1 radical (unpaired) electrons. The molecule has 2 N–H and O–H groups in total. The molecule has 0 atom stereocenters. The fourth-order valence-electron chi connectivity index (χ4n) is 0.571. The molecule has 0 spiro atoms. The Morgan fingerprint density at radius 2 is 2.00 bits per heavy atom. The van der Waals surface area contributed by atoms with E-state index in [1.807, 2.05) is 0 Å². The summed E-state index contributed by atoms with van der Waals surface area (Å²) in [6.45, 7) is 1.81. The van der Waals surface area contributed by atoms with E-state index in [9.17, 15) is 8.42 Å². The molecule has 0 aliphatic heterocycles. The molecule has 61 valence electrons. The number of rotatable bonds is 4. The van der Waals surface area contributed by atoms with Crippen LogP contribution in [0.25, 0.3) is 0 Å². The van der Waals surface area contributed by atoms with Gasteiger partial charge >= 0.3 is 0 Å². The zero-order chi connectivity index (χ0) is 8.20. The largest absolute Gasteiger partial charge is 0.386 e. The van der Waals surface area contributed by atoms with E-state index in [0.29, 0.717) is 12.8 Å². The minimum atomic E-state index is -4.03. The van der Waals surface area contributed by atoms with Crippen molar-refractivity contribution in [3.8, 4) is 0 Å². The normalized spacial score (nSPS) is 12.4. The van der Waals surface area contributed by atoms with E-state index in [1.165, 1.54) is 0 Å². The summed E-state index contributed by atoms with van der Waals surface area (Å²) in [4.78, 5) is 0. The molecule has 0 aromatic heterocycles. The van der Waals surface area contributed by atoms with E-state index in [2.05, 4.69) is 0 Å². The van der Waals surface area contributed by atoms with Crippen LogP contribution in [0.1, 0.15) is 19.8 Å². The van der Waals surface area contributed by atoms with Crippen LogP contribution in [-0.4, -0.2) is 23.8 Å². The first-order valence-corrected chi connectivity index (χ1v) is 4.55. The van der Waals surface area contributed by atoms with Crippen molar-refractivity contribution in [1.82, 2.24) is 0 Å². The Balaban J connectivity index is 3.69. The molecule has 0 aromatic carbocycles. The van der Waals surface area contributed by atoms with Gasteiger partial charge in [-0.1, -0.05) is 13.3 Å².